The van der Waals surface area contributed by atoms with Gasteiger partial charge >= 0.3 is 0 Å². The molecule has 0 aliphatic carbocycles. The fraction of sp³-hybridized carbons (Fsp3) is 0.167. The Hall–Kier alpha value is -3.25. The second-order valence-electron chi connectivity index (χ2n) is 7.14. The number of benzene rings is 3. The summed E-state index contributed by atoms with van der Waals surface area (Å²) in [6.45, 7) is 0.610. The number of hydrogen-bond acceptors (Lipinski definition) is 4. The smallest absolute Gasteiger partial charge is 0.230 e. The van der Waals surface area contributed by atoms with Gasteiger partial charge in [-0.1, -0.05) is 60.3 Å². The van der Waals surface area contributed by atoms with Crippen LogP contribution >= 0.6 is 11.8 Å². The molecule has 1 aliphatic rings. The summed E-state index contributed by atoms with van der Waals surface area (Å²) in [5.41, 5.74) is 4.03. The standard InChI is InChI=1S/C24H21N3O2S/c28-23(25-19-14-15-29-22-13-7-4-10-18(19)22)16-30-24-26-20-11-5-6-12-21(20)27(24)17-8-2-1-3-9-17/h1-13,19H,14-16H2,(H,25,28). The first kappa shape index (κ1) is 18.8. The van der Waals surface area contributed by atoms with E-state index in [1.165, 1.54) is 11.8 Å². The minimum absolute atomic E-state index is 0.00614. The molecular weight excluding hydrogens is 394 g/mol. The maximum absolute atomic E-state index is 12.7. The van der Waals surface area contributed by atoms with Crippen molar-refractivity contribution in [1.82, 2.24) is 14.9 Å². The van der Waals surface area contributed by atoms with E-state index in [4.69, 9.17) is 9.72 Å². The van der Waals surface area contributed by atoms with E-state index in [1.807, 2.05) is 60.7 Å². The Morgan fingerprint density at radius 1 is 1.03 bits per heavy atom. The summed E-state index contributed by atoms with van der Waals surface area (Å²) >= 11 is 1.45. The number of carbonyl (C=O) groups excluding carboxylic acids is 1. The lowest BCUT2D eigenvalue weighted by Crippen LogP contribution is -2.33. The highest BCUT2D eigenvalue weighted by molar-refractivity contribution is 7.99. The molecule has 1 unspecified atom stereocenters. The van der Waals surface area contributed by atoms with Crippen LogP contribution in [-0.2, 0) is 4.79 Å². The number of carbonyl (C=O) groups is 1. The van der Waals surface area contributed by atoms with Crippen molar-refractivity contribution in [1.29, 1.82) is 0 Å². The molecule has 0 fully saturated rings. The molecule has 6 heteroatoms. The second kappa shape index (κ2) is 8.24. The molecule has 30 heavy (non-hydrogen) atoms. The number of fused-ring (bicyclic) bond motifs is 2. The summed E-state index contributed by atoms with van der Waals surface area (Å²) in [4.78, 5) is 17.5. The van der Waals surface area contributed by atoms with Gasteiger partial charge in [0.1, 0.15) is 5.75 Å². The van der Waals surface area contributed by atoms with Crippen molar-refractivity contribution in [3.63, 3.8) is 0 Å². The fourth-order valence-corrected chi connectivity index (χ4v) is 4.62. The topological polar surface area (TPSA) is 56.2 Å². The molecule has 5 rings (SSSR count). The van der Waals surface area contributed by atoms with Crippen LogP contribution in [-0.4, -0.2) is 27.8 Å². The van der Waals surface area contributed by atoms with Crippen molar-refractivity contribution < 1.29 is 9.53 Å². The summed E-state index contributed by atoms with van der Waals surface area (Å²) in [5.74, 6) is 1.15. The van der Waals surface area contributed by atoms with Crippen LogP contribution in [0.1, 0.15) is 18.0 Å². The van der Waals surface area contributed by atoms with Crippen LogP contribution < -0.4 is 10.1 Å². The Bertz CT molecular complexity index is 1190. The zero-order valence-electron chi connectivity index (χ0n) is 16.3. The highest BCUT2D eigenvalue weighted by atomic mass is 32.2. The Morgan fingerprint density at radius 3 is 2.70 bits per heavy atom. The largest absolute Gasteiger partial charge is 0.493 e. The third-order valence-corrected chi connectivity index (χ3v) is 6.11. The number of hydrogen-bond donors (Lipinski definition) is 1. The number of aromatic nitrogens is 2. The van der Waals surface area contributed by atoms with Crippen LogP contribution in [0.5, 0.6) is 5.75 Å². The number of amides is 1. The lowest BCUT2D eigenvalue weighted by atomic mass is 10.0. The van der Waals surface area contributed by atoms with Crippen LogP contribution in [0.3, 0.4) is 0 Å². The molecule has 150 valence electrons. The quantitative estimate of drug-likeness (QED) is 0.478. The number of thioether (sulfide) groups is 1. The second-order valence-corrected chi connectivity index (χ2v) is 8.08. The molecular formula is C24H21N3O2S. The monoisotopic (exact) mass is 415 g/mol. The molecule has 5 nitrogen and oxygen atoms in total. The predicted octanol–water partition coefficient (Wildman–Crippen LogP) is 4.76. The van der Waals surface area contributed by atoms with Gasteiger partial charge in [0.15, 0.2) is 5.16 Å². The Balaban J connectivity index is 1.35. The minimum atomic E-state index is -0.0176. The third kappa shape index (κ3) is 3.66. The molecule has 0 saturated carbocycles. The van der Waals surface area contributed by atoms with Gasteiger partial charge in [-0.2, -0.15) is 0 Å². The Labute approximate surface area is 179 Å². The van der Waals surface area contributed by atoms with Crippen molar-refractivity contribution in [2.24, 2.45) is 0 Å². The van der Waals surface area contributed by atoms with Crippen molar-refractivity contribution in [2.45, 2.75) is 17.6 Å². The van der Waals surface area contributed by atoms with Crippen molar-refractivity contribution >= 4 is 28.7 Å². The first-order valence-electron chi connectivity index (χ1n) is 9.96. The molecule has 1 aliphatic heterocycles. The van der Waals surface area contributed by atoms with Crippen LogP contribution in [0, 0.1) is 0 Å². The van der Waals surface area contributed by atoms with E-state index in [-0.39, 0.29) is 11.9 Å². The maximum Gasteiger partial charge on any atom is 0.230 e. The zero-order valence-corrected chi connectivity index (χ0v) is 17.1. The lowest BCUT2D eigenvalue weighted by Gasteiger charge is -2.26. The number of nitrogens with zero attached hydrogens (tertiary/aromatic N) is 2. The van der Waals surface area contributed by atoms with Crippen LogP contribution in [0.15, 0.2) is 84.0 Å². The molecule has 0 saturated heterocycles. The average Bonchev–Trinajstić information content (AvgIpc) is 3.17. The molecule has 0 bridgehead atoms. The fourth-order valence-electron chi connectivity index (χ4n) is 3.79. The van der Waals surface area contributed by atoms with E-state index in [1.54, 1.807) is 0 Å². The highest BCUT2D eigenvalue weighted by Crippen LogP contribution is 2.32. The first-order valence-corrected chi connectivity index (χ1v) is 10.9. The van der Waals surface area contributed by atoms with Gasteiger partial charge in [-0.25, -0.2) is 4.98 Å². The first-order chi connectivity index (χ1) is 14.8. The normalized spacial score (nSPS) is 15.4. The van der Waals surface area contributed by atoms with Crippen LogP contribution in [0.4, 0.5) is 0 Å². The predicted molar refractivity (Wildman–Crippen MR) is 119 cm³/mol. The van der Waals surface area contributed by atoms with Gasteiger partial charge in [0.05, 0.1) is 29.4 Å². The summed E-state index contributed by atoms with van der Waals surface area (Å²) in [5, 5.41) is 3.97. The summed E-state index contributed by atoms with van der Waals surface area (Å²) in [6, 6.07) is 26.0. The number of nitrogens with one attached hydrogen (secondary N) is 1. The average molecular weight is 416 g/mol. The summed E-state index contributed by atoms with van der Waals surface area (Å²) in [6.07, 6.45) is 0.774. The number of para-hydroxylation sites is 4. The third-order valence-electron chi connectivity index (χ3n) is 5.17. The molecule has 1 N–H and O–H groups in total. The van der Waals surface area contributed by atoms with Gasteiger partial charge in [0, 0.05) is 17.7 Å². The molecule has 0 radical (unpaired) electrons. The number of imidazole rings is 1. The van der Waals surface area contributed by atoms with Gasteiger partial charge in [-0.05, 0) is 30.3 Å². The highest BCUT2D eigenvalue weighted by Gasteiger charge is 2.23. The minimum Gasteiger partial charge on any atom is -0.493 e. The molecule has 1 atom stereocenters. The van der Waals surface area contributed by atoms with Gasteiger partial charge in [0.2, 0.25) is 5.91 Å². The van der Waals surface area contributed by atoms with E-state index in [2.05, 4.69) is 28.1 Å². The van der Waals surface area contributed by atoms with Gasteiger partial charge in [-0.3, -0.25) is 9.36 Å². The van der Waals surface area contributed by atoms with Crippen LogP contribution in [0.25, 0.3) is 16.7 Å². The van der Waals surface area contributed by atoms with Crippen molar-refractivity contribution in [3.8, 4) is 11.4 Å². The maximum atomic E-state index is 12.7. The molecule has 1 amide bonds. The van der Waals surface area contributed by atoms with Gasteiger partial charge < -0.3 is 10.1 Å². The Morgan fingerprint density at radius 2 is 1.80 bits per heavy atom. The zero-order chi connectivity index (χ0) is 20.3. The van der Waals surface area contributed by atoms with Gasteiger partial charge in [-0.15, -0.1) is 0 Å². The lowest BCUT2D eigenvalue weighted by molar-refractivity contribution is -0.119. The summed E-state index contributed by atoms with van der Waals surface area (Å²) < 4.78 is 7.80. The molecule has 0 spiro atoms. The summed E-state index contributed by atoms with van der Waals surface area (Å²) in [7, 11) is 0. The van der Waals surface area contributed by atoms with Crippen LogP contribution in [0.2, 0.25) is 0 Å². The molecule has 4 aromatic rings. The SMILES string of the molecule is O=C(CSc1nc2ccccc2n1-c1ccccc1)NC1CCOc2ccccc21. The molecule has 3 aromatic carbocycles. The van der Waals surface area contributed by atoms with E-state index in [0.717, 1.165) is 39.6 Å². The molecule has 1 aromatic heterocycles. The van der Waals surface area contributed by atoms with E-state index >= 15 is 0 Å². The van der Waals surface area contributed by atoms with E-state index in [9.17, 15) is 4.79 Å². The Kier molecular flexibility index (Phi) is 5.15. The number of rotatable bonds is 5. The van der Waals surface area contributed by atoms with E-state index in [0.29, 0.717) is 12.4 Å². The molecule has 2 heterocycles. The van der Waals surface area contributed by atoms with Gasteiger partial charge in [0.25, 0.3) is 0 Å². The number of ether oxygens (including phenoxy) is 1. The van der Waals surface area contributed by atoms with Crippen molar-refractivity contribution in [2.75, 3.05) is 12.4 Å². The van der Waals surface area contributed by atoms with E-state index < -0.39 is 0 Å². The van der Waals surface area contributed by atoms with Crippen molar-refractivity contribution in [3.05, 3.63) is 84.4 Å².